The van der Waals surface area contributed by atoms with E-state index in [2.05, 4.69) is 11.9 Å². The summed E-state index contributed by atoms with van der Waals surface area (Å²) in [4.78, 5) is 16.7. The molecule has 2 heterocycles. The van der Waals surface area contributed by atoms with Gasteiger partial charge >= 0.3 is 0 Å². The second-order valence-electron chi connectivity index (χ2n) is 6.76. The number of piperidine rings is 1. The average Bonchev–Trinajstić information content (AvgIpc) is 2.94. The molecule has 1 atom stereocenters. The quantitative estimate of drug-likeness (QED) is 0.928. The van der Waals surface area contributed by atoms with E-state index in [1.807, 2.05) is 35.2 Å². The van der Waals surface area contributed by atoms with Gasteiger partial charge in [-0.2, -0.15) is 0 Å². The number of rotatable bonds is 3. The fourth-order valence-electron chi connectivity index (χ4n) is 3.73. The van der Waals surface area contributed by atoms with E-state index >= 15 is 0 Å². The molecule has 4 heteroatoms. The second kappa shape index (κ2) is 6.39. The smallest absolute Gasteiger partial charge is 0.224 e. The van der Waals surface area contributed by atoms with E-state index in [9.17, 15) is 9.90 Å². The Hall–Kier alpha value is -1.39. The Balaban J connectivity index is 1.56. The molecule has 4 nitrogen and oxygen atoms in total. The summed E-state index contributed by atoms with van der Waals surface area (Å²) in [6, 6.07) is 10.2. The van der Waals surface area contributed by atoms with Crippen LogP contribution in [0.3, 0.4) is 0 Å². The van der Waals surface area contributed by atoms with Crippen LogP contribution < -0.4 is 0 Å². The zero-order valence-electron chi connectivity index (χ0n) is 13.4. The molecule has 2 fully saturated rings. The van der Waals surface area contributed by atoms with Gasteiger partial charge in [0.05, 0.1) is 5.60 Å². The molecule has 0 spiro atoms. The zero-order chi connectivity index (χ0) is 15.6. The number of hydrogen-bond acceptors (Lipinski definition) is 3. The van der Waals surface area contributed by atoms with E-state index in [1.54, 1.807) is 0 Å². The first kappa shape index (κ1) is 15.5. The van der Waals surface area contributed by atoms with E-state index < -0.39 is 5.60 Å². The molecule has 2 aliphatic heterocycles. The molecule has 0 aliphatic carbocycles. The van der Waals surface area contributed by atoms with Crippen molar-refractivity contribution in [1.29, 1.82) is 0 Å². The van der Waals surface area contributed by atoms with Gasteiger partial charge in [0.1, 0.15) is 0 Å². The van der Waals surface area contributed by atoms with Gasteiger partial charge in [-0.3, -0.25) is 4.79 Å². The van der Waals surface area contributed by atoms with Crippen LogP contribution in [0.25, 0.3) is 0 Å². The molecule has 0 radical (unpaired) electrons. The largest absolute Gasteiger partial charge is 0.385 e. The van der Waals surface area contributed by atoms with Crippen LogP contribution in [0.15, 0.2) is 30.3 Å². The first-order valence-electron chi connectivity index (χ1n) is 8.34. The SMILES string of the molecule is CN1CCC[C@@H]1CC(=O)N1CCC(O)(c2ccccc2)CC1. The van der Waals surface area contributed by atoms with Crippen molar-refractivity contribution in [2.24, 2.45) is 0 Å². The lowest BCUT2D eigenvalue weighted by atomic mass is 9.84. The molecule has 22 heavy (non-hydrogen) atoms. The van der Waals surface area contributed by atoms with Crippen LogP contribution in [-0.4, -0.2) is 53.5 Å². The van der Waals surface area contributed by atoms with Gasteiger partial charge in [-0.25, -0.2) is 0 Å². The molecule has 1 aromatic carbocycles. The Morgan fingerprint density at radius 1 is 1.23 bits per heavy atom. The first-order chi connectivity index (χ1) is 10.6. The third-order valence-corrected chi connectivity index (χ3v) is 5.34. The van der Waals surface area contributed by atoms with Crippen molar-refractivity contribution in [3.63, 3.8) is 0 Å². The Morgan fingerprint density at radius 2 is 1.91 bits per heavy atom. The Kier molecular flexibility index (Phi) is 4.50. The van der Waals surface area contributed by atoms with Gasteiger partial charge in [-0.15, -0.1) is 0 Å². The lowest BCUT2D eigenvalue weighted by molar-refractivity contribution is -0.136. The summed E-state index contributed by atoms with van der Waals surface area (Å²) in [5.74, 6) is 0.244. The van der Waals surface area contributed by atoms with Crippen molar-refractivity contribution < 1.29 is 9.90 Å². The van der Waals surface area contributed by atoms with Crippen LogP contribution in [-0.2, 0) is 10.4 Å². The highest BCUT2D eigenvalue weighted by atomic mass is 16.3. The molecule has 2 saturated heterocycles. The minimum atomic E-state index is -0.776. The topological polar surface area (TPSA) is 43.8 Å². The van der Waals surface area contributed by atoms with Crippen LogP contribution in [0.2, 0.25) is 0 Å². The molecule has 0 bridgehead atoms. The lowest BCUT2D eigenvalue weighted by Gasteiger charge is -2.39. The molecule has 3 rings (SSSR count). The van der Waals surface area contributed by atoms with Gasteiger partial charge in [0.25, 0.3) is 0 Å². The molecule has 120 valence electrons. The van der Waals surface area contributed by atoms with E-state index in [0.29, 0.717) is 38.4 Å². The van der Waals surface area contributed by atoms with Crippen molar-refractivity contribution in [2.75, 3.05) is 26.7 Å². The summed E-state index contributed by atoms with van der Waals surface area (Å²) in [5.41, 5.74) is 0.194. The fourth-order valence-corrected chi connectivity index (χ4v) is 3.73. The number of likely N-dealkylation sites (tertiary alicyclic amines) is 2. The van der Waals surface area contributed by atoms with E-state index in [0.717, 1.165) is 18.5 Å². The molecule has 1 N–H and O–H groups in total. The normalized spacial score (nSPS) is 25.4. The summed E-state index contributed by atoms with van der Waals surface area (Å²) in [7, 11) is 2.11. The highest BCUT2D eigenvalue weighted by Gasteiger charge is 2.36. The standard InChI is InChI=1S/C18H26N2O2/c1-19-11-5-8-16(19)14-17(21)20-12-9-18(22,10-13-20)15-6-3-2-4-7-15/h2-4,6-7,16,22H,5,8-14H2,1H3/t16-/m1/s1. The Labute approximate surface area is 132 Å². The molecule has 0 aromatic heterocycles. The number of carbonyl (C=O) groups excluding carboxylic acids is 1. The maximum Gasteiger partial charge on any atom is 0.224 e. The van der Waals surface area contributed by atoms with Crippen molar-refractivity contribution in [2.45, 2.75) is 43.7 Å². The Bertz CT molecular complexity index is 509. The Morgan fingerprint density at radius 3 is 2.50 bits per heavy atom. The van der Waals surface area contributed by atoms with Gasteiger partial charge < -0.3 is 14.9 Å². The molecule has 1 amide bonds. The van der Waals surface area contributed by atoms with Crippen molar-refractivity contribution in [1.82, 2.24) is 9.80 Å². The number of benzene rings is 1. The van der Waals surface area contributed by atoms with E-state index in [1.165, 1.54) is 6.42 Å². The monoisotopic (exact) mass is 302 g/mol. The number of carbonyl (C=O) groups is 1. The fraction of sp³-hybridized carbons (Fsp3) is 0.611. The minimum absolute atomic E-state index is 0.244. The summed E-state index contributed by atoms with van der Waals surface area (Å²) < 4.78 is 0. The van der Waals surface area contributed by atoms with Crippen LogP contribution in [0.1, 0.15) is 37.7 Å². The molecular formula is C18H26N2O2. The summed E-state index contributed by atoms with van der Waals surface area (Å²) in [5, 5.41) is 10.8. The molecular weight excluding hydrogens is 276 g/mol. The predicted octanol–water partition coefficient (Wildman–Crippen LogP) is 1.98. The van der Waals surface area contributed by atoms with Crippen LogP contribution in [0, 0.1) is 0 Å². The van der Waals surface area contributed by atoms with Crippen LogP contribution >= 0.6 is 0 Å². The van der Waals surface area contributed by atoms with Gasteiger partial charge in [0.2, 0.25) is 5.91 Å². The van der Waals surface area contributed by atoms with Crippen molar-refractivity contribution in [3.8, 4) is 0 Å². The highest BCUT2D eigenvalue weighted by Crippen LogP contribution is 2.33. The number of aliphatic hydroxyl groups is 1. The van der Waals surface area contributed by atoms with Gasteiger partial charge in [-0.1, -0.05) is 30.3 Å². The highest BCUT2D eigenvalue weighted by molar-refractivity contribution is 5.77. The average molecular weight is 302 g/mol. The zero-order valence-corrected chi connectivity index (χ0v) is 13.4. The number of hydrogen-bond donors (Lipinski definition) is 1. The van der Waals surface area contributed by atoms with Crippen molar-refractivity contribution >= 4 is 5.91 Å². The molecule has 0 unspecified atom stereocenters. The first-order valence-corrected chi connectivity index (χ1v) is 8.34. The minimum Gasteiger partial charge on any atom is -0.385 e. The maximum absolute atomic E-state index is 12.5. The van der Waals surface area contributed by atoms with Crippen LogP contribution in [0.5, 0.6) is 0 Å². The second-order valence-corrected chi connectivity index (χ2v) is 6.76. The predicted molar refractivity (Wildman–Crippen MR) is 86.4 cm³/mol. The van der Waals surface area contributed by atoms with Crippen molar-refractivity contribution in [3.05, 3.63) is 35.9 Å². The van der Waals surface area contributed by atoms with Gasteiger partial charge in [0.15, 0.2) is 0 Å². The summed E-state index contributed by atoms with van der Waals surface area (Å²) in [6.45, 7) is 2.41. The third kappa shape index (κ3) is 3.18. The molecule has 1 aromatic rings. The summed E-state index contributed by atoms with van der Waals surface area (Å²) in [6.07, 6.45) is 4.21. The van der Waals surface area contributed by atoms with Crippen LogP contribution in [0.4, 0.5) is 0 Å². The lowest BCUT2D eigenvalue weighted by Crippen LogP contribution is -2.46. The molecule has 0 saturated carbocycles. The number of amides is 1. The van der Waals surface area contributed by atoms with E-state index in [-0.39, 0.29) is 5.91 Å². The summed E-state index contributed by atoms with van der Waals surface area (Å²) >= 11 is 0. The molecule has 2 aliphatic rings. The third-order valence-electron chi connectivity index (χ3n) is 5.34. The van der Waals surface area contributed by atoms with E-state index in [4.69, 9.17) is 0 Å². The van der Waals surface area contributed by atoms with Gasteiger partial charge in [-0.05, 0) is 44.8 Å². The maximum atomic E-state index is 12.5. The number of nitrogens with zero attached hydrogens (tertiary/aromatic N) is 2. The van der Waals surface area contributed by atoms with Gasteiger partial charge in [0, 0.05) is 25.6 Å².